The fourth-order valence-electron chi connectivity index (χ4n) is 9.31. The monoisotopic (exact) mass is 458 g/mol. The smallest absolute Gasteiger partial charge is 0.321 e. The molecule has 0 amide bonds. The van der Waals surface area contributed by atoms with Crippen molar-refractivity contribution in [3.8, 4) is 0 Å². The molecule has 0 aromatic rings. The van der Waals surface area contributed by atoms with E-state index in [-0.39, 0.29) is 23.4 Å². The Morgan fingerprint density at radius 2 is 1.70 bits per heavy atom. The van der Waals surface area contributed by atoms with Gasteiger partial charge < -0.3 is 14.6 Å². The van der Waals surface area contributed by atoms with Crippen LogP contribution in [0.3, 0.4) is 0 Å². The van der Waals surface area contributed by atoms with Gasteiger partial charge in [-0.15, -0.1) is 0 Å². The van der Waals surface area contributed by atoms with Gasteiger partial charge in [-0.05, 0) is 57.8 Å². The average Bonchev–Trinajstić information content (AvgIpc) is 2.87. The average molecular weight is 459 g/mol. The zero-order valence-corrected chi connectivity index (χ0v) is 20.5. The third-order valence-electron chi connectivity index (χ3n) is 11.0. The quantitative estimate of drug-likeness (QED) is 0.366. The third-order valence-corrected chi connectivity index (χ3v) is 11.0. The molecular formula is C26H34O7. The number of Topliss-reactive ketones (excluding diaryl/α,β-unsaturated/α-hetero) is 2. The normalized spacial score (nSPS) is 51.8. The second-order valence-corrected chi connectivity index (χ2v) is 12.2. The van der Waals surface area contributed by atoms with E-state index in [1.54, 1.807) is 13.8 Å². The summed E-state index contributed by atoms with van der Waals surface area (Å²) in [5.41, 5.74) is -7.55. The highest BCUT2D eigenvalue weighted by Crippen LogP contribution is 2.78. The molecule has 1 N–H and O–H groups in total. The summed E-state index contributed by atoms with van der Waals surface area (Å²) in [6, 6.07) is 0. The predicted octanol–water partition coefficient (Wildman–Crippen LogP) is 2.78. The number of ether oxygens (including phenoxy) is 2. The van der Waals surface area contributed by atoms with Crippen LogP contribution in [-0.4, -0.2) is 47.4 Å². The minimum Gasteiger partial charge on any atom is -0.468 e. The summed E-state index contributed by atoms with van der Waals surface area (Å²) in [6.45, 7) is 10.6. The molecule has 0 aromatic heterocycles. The molecule has 0 unspecified atom stereocenters. The number of hydrogen-bond donors (Lipinski definition) is 1. The molecule has 0 aromatic carbocycles. The van der Waals surface area contributed by atoms with Crippen molar-refractivity contribution in [2.24, 2.45) is 38.9 Å². The Morgan fingerprint density at radius 3 is 2.27 bits per heavy atom. The van der Waals surface area contributed by atoms with Crippen molar-refractivity contribution < 1.29 is 33.8 Å². The molecule has 2 aliphatic heterocycles. The van der Waals surface area contributed by atoms with Crippen LogP contribution in [0.4, 0.5) is 0 Å². The van der Waals surface area contributed by atoms with Gasteiger partial charge in [0.2, 0.25) is 0 Å². The fourth-order valence-corrected chi connectivity index (χ4v) is 9.31. The number of ketones is 2. The van der Waals surface area contributed by atoms with Gasteiger partial charge in [0.05, 0.1) is 17.9 Å². The molecular weight excluding hydrogens is 424 g/mol. The molecule has 5 fully saturated rings. The van der Waals surface area contributed by atoms with Crippen LogP contribution in [0.5, 0.6) is 0 Å². The molecule has 7 nitrogen and oxygen atoms in total. The Bertz CT molecular complexity index is 1050. The number of fused-ring (bicyclic) bond motifs is 5. The van der Waals surface area contributed by atoms with E-state index < -0.39 is 50.7 Å². The zero-order valence-electron chi connectivity index (χ0n) is 20.5. The summed E-state index contributed by atoms with van der Waals surface area (Å²) in [4.78, 5) is 55.1. The molecule has 180 valence electrons. The standard InChI is InChI=1S/C26H34O7/c1-13-12-15-22(4,10-8-14-21(2,3)16-9-11-25(14,15)19(29)33-16)26(20(30)32-7)18(28)24(6,31)17(27)23(13,26)5/h12,14-16,31H,8-11H2,1-7H3/t14-,15+,16+,22-,23-,24+,25-,26-/m0/s1. The van der Waals surface area contributed by atoms with E-state index in [9.17, 15) is 24.3 Å². The Balaban J connectivity index is 1.87. The van der Waals surface area contributed by atoms with Crippen LogP contribution in [-0.2, 0) is 28.7 Å². The van der Waals surface area contributed by atoms with Crippen molar-refractivity contribution in [3.05, 3.63) is 11.6 Å². The lowest BCUT2D eigenvalue weighted by molar-refractivity contribution is -0.262. The van der Waals surface area contributed by atoms with Crippen molar-refractivity contribution in [2.45, 2.75) is 78.9 Å². The van der Waals surface area contributed by atoms with Crippen molar-refractivity contribution >= 4 is 23.5 Å². The lowest BCUT2D eigenvalue weighted by Crippen LogP contribution is -2.74. The number of aliphatic hydroxyl groups is 1. The Labute approximate surface area is 194 Å². The summed E-state index contributed by atoms with van der Waals surface area (Å²) < 4.78 is 11.2. The summed E-state index contributed by atoms with van der Waals surface area (Å²) in [5, 5.41) is 11.1. The third kappa shape index (κ3) is 1.94. The van der Waals surface area contributed by atoms with Crippen molar-refractivity contribution in [1.29, 1.82) is 0 Å². The minimum absolute atomic E-state index is 0.0268. The van der Waals surface area contributed by atoms with Gasteiger partial charge in [-0.1, -0.05) is 32.4 Å². The highest BCUT2D eigenvalue weighted by Gasteiger charge is 2.86. The number of hydrogen-bond acceptors (Lipinski definition) is 7. The molecule has 2 saturated heterocycles. The van der Waals surface area contributed by atoms with Gasteiger partial charge in [-0.25, -0.2) is 0 Å². The maximum absolute atomic E-state index is 14.1. The molecule has 2 bridgehead atoms. The maximum atomic E-state index is 14.1. The highest BCUT2D eigenvalue weighted by atomic mass is 16.6. The fraction of sp³-hybridized carbons (Fsp3) is 0.769. The maximum Gasteiger partial charge on any atom is 0.321 e. The van der Waals surface area contributed by atoms with Gasteiger partial charge in [0, 0.05) is 11.3 Å². The number of allylic oxidation sites excluding steroid dienone is 2. The molecule has 6 rings (SSSR count). The molecule has 33 heavy (non-hydrogen) atoms. The first-order valence-electron chi connectivity index (χ1n) is 11.9. The van der Waals surface area contributed by atoms with Crippen LogP contribution < -0.4 is 0 Å². The zero-order chi connectivity index (χ0) is 24.6. The van der Waals surface area contributed by atoms with Crippen LogP contribution in [0, 0.1) is 38.9 Å². The molecule has 2 heterocycles. The molecule has 7 heteroatoms. The minimum atomic E-state index is -2.32. The predicted molar refractivity (Wildman–Crippen MR) is 117 cm³/mol. The number of carbonyl (C=O) groups is 4. The lowest BCUT2D eigenvalue weighted by Gasteiger charge is -2.70. The van der Waals surface area contributed by atoms with E-state index in [2.05, 4.69) is 13.8 Å². The molecule has 8 atom stereocenters. The SMILES string of the molecule is COC(=O)[C@]12C(=O)[C@](C)(O)C(=O)[C@]1(C)C(C)=C[C@H]1[C@@]34CC[C@@H](OC3=O)C(C)(C)[C@@H]4CC[C@@]12C. The number of methoxy groups -OCH3 is 1. The topological polar surface area (TPSA) is 107 Å². The number of esters is 2. The first kappa shape index (κ1) is 22.8. The van der Waals surface area contributed by atoms with Crippen LogP contribution in [0.1, 0.15) is 67.2 Å². The first-order chi connectivity index (χ1) is 15.1. The summed E-state index contributed by atoms with van der Waals surface area (Å²) in [6.07, 6.45) is 4.21. The Hall–Kier alpha value is -2.02. The Kier molecular flexibility index (Phi) is 4.11. The summed E-state index contributed by atoms with van der Waals surface area (Å²) in [7, 11) is 1.21. The molecule has 0 radical (unpaired) electrons. The summed E-state index contributed by atoms with van der Waals surface area (Å²) in [5.74, 6) is -3.06. The van der Waals surface area contributed by atoms with Crippen molar-refractivity contribution in [1.82, 2.24) is 0 Å². The van der Waals surface area contributed by atoms with E-state index in [4.69, 9.17) is 9.47 Å². The van der Waals surface area contributed by atoms with Crippen molar-refractivity contribution in [3.63, 3.8) is 0 Å². The van der Waals surface area contributed by atoms with E-state index in [0.717, 1.165) is 6.42 Å². The first-order valence-corrected chi connectivity index (χ1v) is 11.9. The lowest BCUT2D eigenvalue weighted by atomic mass is 9.33. The van der Waals surface area contributed by atoms with Crippen LogP contribution in [0.2, 0.25) is 0 Å². The second kappa shape index (κ2) is 5.96. The molecule has 3 saturated carbocycles. The van der Waals surface area contributed by atoms with Crippen LogP contribution in [0.25, 0.3) is 0 Å². The second-order valence-electron chi connectivity index (χ2n) is 12.2. The van der Waals surface area contributed by atoms with Gasteiger partial charge in [0.15, 0.2) is 22.6 Å². The number of rotatable bonds is 1. The van der Waals surface area contributed by atoms with E-state index in [1.165, 1.54) is 14.0 Å². The van der Waals surface area contributed by atoms with Gasteiger partial charge in [-0.3, -0.25) is 19.2 Å². The van der Waals surface area contributed by atoms with Gasteiger partial charge in [0.1, 0.15) is 6.10 Å². The van der Waals surface area contributed by atoms with Gasteiger partial charge in [0.25, 0.3) is 0 Å². The molecule has 1 spiro atoms. The van der Waals surface area contributed by atoms with Crippen LogP contribution in [0.15, 0.2) is 11.6 Å². The van der Waals surface area contributed by atoms with Gasteiger partial charge in [-0.2, -0.15) is 0 Å². The number of carbonyl (C=O) groups excluding carboxylic acids is 4. The van der Waals surface area contributed by atoms with Gasteiger partial charge >= 0.3 is 11.9 Å². The van der Waals surface area contributed by atoms with Crippen molar-refractivity contribution in [2.75, 3.05) is 7.11 Å². The highest BCUT2D eigenvalue weighted by molar-refractivity contribution is 6.30. The largest absolute Gasteiger partial charge is 0.468 e. The van der Waals surface area contributed by atoms with E-state index >= 15 is 0 Å². The molecule has 6 aliphatic rings. The summed E-state index contributed by atoms with van der Waals surface area (Å²) >= 11 is 0. The van der Waals surface area contributed by atoms with Crippen LogP contribution >= 0.6 is 0 Å². The van der Waals surface area contributed by atoms with E-state index in [1.807, 2.05) is 13.0 Å². The van der Waals surface area contributed by atoms with E-state index in [0.29, 0.717) is 24.8 Å². The Morgan fingerprint density at radius 1 is 1.06 bits per heavy atom. The molecule has 4 aliphatic carbocycles.